The van der Waals surface area contributed by atoms with E-state index in [9.17, 15) is 0 Å². The zero-order chi connectivity index (χ0) is 28.7. The summed E-state index contributed by atoms with van der Waals surface area (Å²) < 4.78 is 8.01. The second-order valence-corrected chi connectivity index (χ2v) is 10.7. The van der Waals surface area contributed by atoms with Crippen LogP contribution in [0.4, 0.5) is 0 Å². The average molecular weight is 557 g/mol. The zero-order valence-corrected chi connectivity index (χ0v) is 24.2. The maximum atomic E-state index is 6.09. The fourth-order valence-corrected chi connectivity index (χ4v) is 5.64. The summed E-state index contributed by atoms with van der Waals surface area (Å²) in [6.45, 7) is 8.91. The monoisotopic (exact) mass is 556 g/mol. The SMILES string of the molecule is Cc1cccc(C)c1-n1nnnc1[C@H](c1ccc(Oc2ccccc2)cc1)N1CCN(CC=Cc2ccccc2)CC1. The lowest BCUT2D eigenvalue weighted by Gasteiger charge is -2.38. The van der Waals surface area contributed by atoms with Gasteiger partial charge in [0.1, 0.15) is 11.5 Å². The zero-order valence-electron chi connectivity index (χ0n) is 24.2. The third kappa shape index (κ3) is 6.33. The highest BCUT2D eigenvalue weighted by Gasteiger charge is 2.31. The molecule has 212 valence electrons. The summed E-state index contributed by atoms with van der Waals surface area (Å²) in [4.78, 5) is 5.00. The number of aryl methyl sites for hydroxylation is 2. The molecule has 0 aliphatic carbocycles. The summed E-state index contributed by atoms with van der Waals surface area (Å²) >= 11 is 0. The molecule has 4 aromatic carbocycles. The molecular formula is C35H36N6O. The van der Waals surface area contributed by atoms with Crippen LogP contribution in [0.25, 0.3) is 11.8 Å². The predicted molar refractivity (Wildman–Crippen MR) is 167 cm³/mol. The summed E-state index contributed by atoms with van der Waals surface area (Å²) in [6, 6.07) is 34.9. The van der Waals surface area contributed by atoms with Crippen LogP contribution in [0.3, 0.4) is 0 Å². The number of ether oxygens (including phenoxy) is 1. The number of hydrogen-bond donors (Lipinski definition) is 0. The van der Waals surface area contributed by atoms with Gasteiger partial charge in [-0.05, 0) is 70.8 Å². The van der Waals surface area contributed by atoms with Crippen LogP contribution in [0.15, 0.2) is 109 Å². The molecule has 7 nitrogen and oxygen atoms in total. The number of hydrogen-bond acceptors (Lipinski definition) is 6. The maximum absolute atomic E-state index is 6.09. The second-order valence-electron chi connectivity index (χ2n) is 10.7. The summed E-state index contributed by atoms with van der Waals surface area (Å²) in [5, 5.41) is 13.3. The van der Waals surface area contributed by atoms with E-state index in [1.54, 1.807) is 0 Å². The Bertz CT molecular complexity index is 1590. The van der Waals surface area contributed by atoms with Gasteiger partial charge >= 0.3 is 0 Å². The lowest BCUT2D eigenvalue weighted by molar-refractivity contribution is 0.113. The van der Waals surface area contributed by atoms with Gasteiger partial charge in [0.05, 0.1) is 11.7 Å². The molecule has 0 unspecified atom stereocenters. The Hall–Kier alpha value is -4.59. The van der Waals surface area contributed by atoms with Crippen LogP contribution in [-0.2, 0) is 0 Å². The van der Waals surface area contributed by atoms with Gasteiger partial charge < -0.3 is 4.74 Å². The summed E-state index contributed by atoms with van der Waals surface area (Å²) in [5.74, 6) is 2.44. The first-order valence-electron chi connectivity index (χ1n) is 14.5. The molecule has 1 aliphatic heterocycles. The number of aromatic nitrogens is 4. The first kappa shape index (κ1) is 27.6. The minimum Gasteiger partial charge on any atom is -0.457 e. The lowest BCUT2D eigenvalue weighted by atomic mass is 10.0. The standard InChI is InChI=1S/C35H36N6O/c1-27-11-9-12-28(2)33(27)41-35(36-37-38-41)34(30-18-20-32(21-19-30)42-31-16-7-4-8-17-31)40-25-23-39(24-26-40)22-10-15-29-13-5-3-6-14-29/h3-21,34H,22-26H2,1-2H3/t34-/m0/s1. The maximum Gasteiger partial charge on any atom is 0.178 e. The van der Waals surface area contributed by atoms with Crippen LogP contribution in [0, 0.1) is 13.8 Å². The molecule has 1 aliphatic rings. The molecule has 1 fully saturated rings. The minimum absolute atomic E-state index is 0.105. The highest BCUT2D eigenvalue weighted by Crippen LogP contribution is 2.32. The molecule has 6 rings (SSSR count). The fraction of sp³-hybridized carbons (Fsp3) is 0.229. The molecule has 5 aromatic rings. The number of para-hydroxylation sites is 2. The third-order valence-corrected chi connectivity index (χ3v) is 7.81. The van der Waals surface area contributed by atoms with Crippen molar-refractivity contribution in [2.24, 2.45) is 0 Å². The van der Waals surface area contributed by atoms with Gasteiger partial charge in [-0.25, -0.2) is 0 Å². The van der Waals surface area contributed by atoms with E-state index >= 15 is 0 Å². The second kappa shape index (κ2) is 12.9. The fourth-order valence-electron chi connectivity index (χ4n) is 5.64. The van der Waals surface area contributed by atoms with E-state index in [4.69, 9.17) is 4.74 Å². The van der Waals surface area contributed by atoms with Crippen molar-refractivity contribution in [2.45, 2.75) is 19.9 Å². The quantitative estimate of drug-likeness (QED) is 0.207. The number of benzene rings is 4. The Morgan fingerprint density at radius 3 is 2.07 bits per heavy atom. The molecule has 42 heavy (non-hydrogen) atoms. The van der Waals surface area contributed by atoms with Crippen LogP contribution in [-0.4, -0.2) is 62.7 Å². The molecule has 1 atom stereocenters. The van der Waals surface area contributed by atoms with E-state index in [1.807, 2.05) is 53.2 Å². The Morgan fingerprint density at radius 2 is 1.38 bits per heavy atom. The molecule has 0 bridgehead atoms. The van der Waals surface area contributed by atoms with Gasteiger partial charge in [-0.1, -0.05) is 91.0 Å². The van der Waals surface area contributed by atoms with Crippen molar-refractivity contribution in [2.75, 3.05) is 32.7 Å². The molecule has 0 saturated carbocycles. The first-order valence-corrected chi connectivity index (χ1v) is 14.5. The van der Waals surface area contributed by atoms with Crippen molar-refractivity contribution >= 4 is 6.08 Å². The van der Waals surface area contributed by atoms with Crippen LogP contribution in [0.5, 0.6) is 11.5 Å². The largest absolute Gasteiger partial charge is 0.457 e. The molecule has 0 spiro atoms. The Balaban J connectivity index is 1.26. The van der Waals surface area contributed by atoms with Crippen molar-refractivity contribution < 1.29 is 4.74 Å². The summed E-state index contributed by atoms with van der Waals surface area (Å²) in [6.07, 6.45) is 4.46. The van der Waals surface area contributed by atoms with Crippen molar-refractivity contribution in [3.05, 3.63) is 137 Å². The van der Waals surface area contributed by atoms with E-state index in [1.165, 1.54) is 5.56 Å². The van der Waals surface area contributed by atoms with Gasteiger partial charge in [0.15, 0.2) is 5.82 Å². The van der Waals surface area contributed by atoms with Gasteiger partial charge in [0.2, 0.25) is 0 Å². The molecule has 0 radical (unpaired) electrons. The number of tetrazole rings is 1. The number of nitrogens with zero attached hydrogens (tertiary/aromatic N) is 6. The van der Waals surface area contributed by atoms with E-state index in [2.05, 4.69) is 106 Å². The van der Waals surface area contributed by atoms with Gasteiger partial charge in [-0.3, -0.25) is 9.80 Å². The topological polar surface area (TPSA) is 59.3 Å². The van der Waals surface area contributed by atoms with Crippen molar-refractivity contribution in [1.29, 1.82) is 0 Å². The first-order chi connectivity index (χ1) is 20.7. The van der Waals surface area contributed by atoms with Crippen LogP contribution in [0.1, 0.15) is 34.1 Å². The van der Waals surface area contributed by atoms with Crippen LogP contribution in [0.2, 0.25) is 0 Å². The minimum atomic E-state index is -0.105. The van der Waals surface area contributed by atoms with E-state index < -0.39 is 0 Å². The number of rotatable bonds is 9. The Kier molecular flexibility index (Phi) is 8.49. The lowest BCUT2D eigenvalue weighted by Crippen LogP contribution is -2.48. The number of piperazine rings is 1. The van der Waals surface area contributed by atoms with E-state index in [0.717, 1.165) is 72.4 Å². The van der Waals surface area contributed by atoms with Crippen molar-refractivity contribution in [1.82, 2.24) is 30.0 Å². The summed E-state index contributed by atoms with van der Waals surface area (Å²) in [7, 11) is 0. The van der Waals surface area contributed by atoms with Gasteiger partial charge in [-0.15, -0.1) is 5.10 Å². The van der Waals surface area contributed by atoms with Gasteiger partial charge in [-0.2, -0.15) is 4.68 Å². The molecule has 7 heteroatoms. The van der Waals surface area contributed by atoms with Crippen LogP contribution >= 0.6 is 0 Å². The van der Waals surface area contributed by atoms with E-state index in [-0.39, 0.29) is 6.04 Å². The molecule has 0 amide bonds. The highest BCUT2D eigenvalue weighted by atomic mass is 16.5. The van der Waals surface area contributed by atoms with E-state index in [0.29, 0.717) is 0 Å². The van der Waals surface area contributed by atoms with Crippen molar-refractivity contribution in [3.8, 4) is 17.2 Å². The molecule has 2 heterocycles. The Labute approximate surface area is 247 Å². The highest BCUT2D eigenvalue weighted by molar-refractivity contribution is 5.49. The average Bonchev–Trinajstić information content (AvgIpc) is 3.49. The predicted octanol–water partition coefficient (Wildman–Crippen LogP) is 6.49. The molecular weight excluding hydrogens is 520 g/mol. The summed E-state index contributed by atoms with van der Waals surface area (Å²) in [5.41, 5.74) is 5.69. The Morgan fingerprint density at radius 1 is 0.738 bits per heavy atom. The molecule has 1 aromatic heterocycles. The van der Waals surface area contributed by atoms with Crippen molar-refractivity contribution in [3.63, 3.8) is 0 Å². The van der Waals surface area contributed by atoms with Crippen LogP contribution < -0.4 is 4.74 Å². The normalized spacial score (nSPS) is 15.2. The third-order valence-electron chi connectivity index (χ3n) is 7.81. The van der Waals surface area contributed by atoms with Gasteiger partial charge in [0.25, 0.3) is 0 Å². The molecule has 1 saturated heterocycles. The van der Waals surface area contributed by atoms with Gasteiger partial charge in [0, 0.05) is 32.7 Å². The molecule has 0 N–H and O–H groups in total. The smallest absolute Gasteiger partial charge is 0.178 e.